The predicted molar refractivity (Wildman–Crippen MR) is 271 cm³/mol. The zero-order chi connectivity index (χ0) is 55.3. The van der Waals surface area contributed by atoms with Crippen LogP contribution in [0.4, 0.5) is 38.0 Å². The van der Waals surface area contributed by atoms with E-state index in [0.29, 0.717) is 55.0 Å². The smallest absolute Gasteiger partial charge is 0.394 e. The summed E-state index contributed by atoms with van der Waals surface area (Å²) in [6, 6.07) is -0.0825. The van der Waals surface area contributed by atoms with E-state index < -0.39 is 105 Å². The van der Waals surface area contributed by atoms with Crippen molar-refractivity contribution >= 4 is 57.9 Å². The molecule has 0 bridgehead atoms. The normalized spacial score (nSPS) is 19.1. The number of aliphatic hydroxyl groups excluding tert-OH is 1. The van der Waals surface area contributed by atoms with Crippen molar-refractivity contribution in [3.8, 4) is 20.9 Å². The molecule has 6 heterocycles. The third-order valence-electron chi connectivity index (χ3n) is 13.1. The van der Waals surface area contributed by atoms with Gasteiger partial charge in [0, 0.05) is 60.8 Å². The van der Waals surface area contributed by atoms with E-state index in [4.69, 9.17) is 0 Å². The Bertz CT molecular complexity index is 2740. The molecule has 0 aromatic carbocycles. The molecule has 74 heavy (non-hydrogen) atoms. The summed E-state index contributed by atoms with van der Waals surface area (Å²) in [7, 11) is 0. The lowest BCUT2D eigenvalue weighted by Crippen LogP contribution is -2.51. The fourth-order valence-corrected chi connectivity index (χ4v) is 10.7. The molecule has 2 unspecified atom stereocenters. The first kappa shape index (κ1) is 57.8. The van der Waals surface area contributed by atoms with Crippen molar-refractivity contribution in [2.75, 3.05) is 36.9 Å². The van der Waals surface area contributed by atoms with E-state index in [0.717, 1.165) is 24.5 Å². The number of halogens is 6. The highest BCUT2D eigenvalue weighted by atomic mass is 32.1. The number of carbonyl (C=O) groups excluding carboxylic acids is 4. The molecule has 6 rings (SSSR count). The number of hydrogen-bond acceptors (Lipinski definition) is 14. The van der Waals surface area contributed by atoms with Crippen LogP contribution in [0.3, 0.4) is 0 Å². The number of aliphatic hydroxyl groups is 2. The van der Waals surface area contributed by atoms with Gasteiger partial charge in [0.15, 0.2) is 10.0 Å². The zero-order valence-corrected chi connectivity index (χ0v) is 45.2. The summed E-state index contributed by atoms with van der Waals surface area (Å²) in [6.07, 6.45) is -6.23. The third-order valence-corrected chi connectivity index (χ3v) is 15.3. The van der Waals surface area contributed by atoms with E-state index >= 15 is 0 Å². The number of thiazole rings is 2. The highest BCUT2D eigenvalue weighted by Gasteiger charge is 2.44. The maximum Gasteiger partial charge on any atom is 0.417 e. The number of hydrogen-bond donors (Lipinski definition) is 6. The summed E-state index contributed by atoms with van der Waals surface area (Å²) in [6.45, 7) is 20.4. The molecule has 0 aliphatic carbocycles. The topological polar surface area (TPSA) is 215 Å². The Balaban J connectivity index is 1.31. The Morgan fingerprint density at radius 3 is 1.74 bits per heavy atom. The molecule has 5 atom stereocenters. The van der Waals surface area contributed by atoms with Crippen LogP contribution in [0.1, 0.15) is 160 Å². The van der Waals surface area contributed by atoms with Gasteiger partial charge >= 0.3 is 12.4 Å². The van der Waals surface area contributed by atoms with Gasteiger partial charge in [0.05, 0.1) is 44.7 Å². The molecule has 0 saturated carbocycles. The summed E-state index contributed by atoms with van der Waals surface area (Å²) in [4.78, 5) is 76.2. The number of nitrogens with zero attached hydrogens (tertiary/aromatic N) is 6. The van der Waals surface area contributed by atoms with Crippen molar-refractivity contribution in [3.05, 3.63) is 57.1 Å². The predicted octanol–water partition coefficient (Wildman–Crippen LogP) is 9.37. The van der Waals surface area contributed by atoms with Crippen molar-refractivity contribution in [2.45, 2.75) is 156 Å². The van der Waals surface area contributed by atoms with Crippen LogP contribution in [0, 0.1) is 11.3 Å². The highest BCUT2D eigenvalue weighted by molar-refractivity contribution is 7.17. The molecule has 4 aromatic rings. The standard InChI is InChI=1S/C50H66F6N10O6S2/c1-25-14-13-16-65(25)43(70)35-37(30-22-58-34(63-46(7,8)9)19-32(30)50(54,55)56)74-42(62-35)40(69)64-48(12,24-67)20-28-15-17-66(26(28)2)44(71)36-38(73-41(61-36)39(68)60-27(3)47(10,11)72)29-21-57-33(59-23-45(4,5)6)18-31(29)49(51,52)53/h18-19,21-22,25-28,67,72H,13-17,20,23-24H2,1-12H3,(H,57,59)(H,58,63)(H,60,68)(H,64,69)/t25-,26-,27+,28?,48?/m0/s1. The largest absolute Gasteiger partial charge is 0.417 e. The van der Waals surface area contributed by atoms with Gasteiger partial charge in [0.25, 0.3) is 23.6 Å². The second-order valence-electron chi connectivity index (χ2n) is 22.4. The van der Waals surface area contributed by atoms with Gasteiger partial charge in [-0.25, -0.2) is 19.9 Å². The minimum atomic E-state index is -4.94. The fourth-order valence-electron chi connectivity index (χ4n) is 8.70. The average molecular weight is 1080 g/mol. The second-order valence-corrected chi connectivity index (χ2v) is 24.4. The number of aromatic nitrogens is 4. The van der Waals surface area contributed by atoms with Crippen molar-refractivity contribution in [3.63, 3.8) is 0 Å². The molecule has 2 aliphatic rings. The van der Waals surface area contributed by atoms with Crippen molar-refractivity contribution in [2.24, 2.45) is 11.3 Å². The third kappa shape index (κ3) is 13.5. The lowest BCUT2D eigenvalue weighted by molar-refractivity contribution is -0.137. The van der Waals surface area contributed by atoms with Crippen molar-refractivity contribution < 1.29 is 55.7 Å². The van der Waals surface area contributed by atoms with E-state index in [9.17, 15) is 55.7 Å². The first-order valence-corrected chi connectivity index (χ1v) is 25.9. The molecule has 4 amide bonds. The van der Waals surface area contributed by atoms with Gasteiger partial charge in [-0.2, -0.15) is 26.3 Å². The molecule has 16 nitrogen and oxygen atoms in total. The van der Waals surface area contributed by atoms with Crippen LogP contribution in [0.15, 0.2) is 24.5 Å². The van der Waals surface area contributed by atoms with Crippen LogP contribution in [-0.2, 0) is 12.4 Å². The Morgan fingerprint density at radius 2 is 1.27 bits per heavy atom. The van der Waals surface area contributed by atoms with Crippen LogP contribution in [0.2, 0.25) is 0 Å². The fraction of sp³-hybridized carbons (Fsp3) is 0.600. The minimum Gasteiger partial charge on any atom is -0.394 e. The molecule has 2 fully saturated rings. The Morgan fingerprint density at radius 1 is 0.757 bits per heavy atom. The summed E-state index contributed by atoms with van der Waals surface area (Å²) in [5.74, 6) is -3.77. The number of anilines is 2. The molecule has 0 spiro atoms. The molecule has 0 radical (unpaired) electrons. The van der Waals surface area contributed by atoms with Crippen LogP contribution in [-0.4, -0.2) is 125 Å². The maximum atomic E-state index is 14.9. The number of nitrogens with one attached hydrogen (secondary N) is 4. The lowest BCUT2D eigenvalue weighted by Gasteiger charge is -2.33. The second kappa shape index (κ2) is 21.3. The highest BCUT2D eigenvalue weighted by Crippen LogP contribution is 2.45. The van der Waals surface area contributed by atoms with Gasteiger partial charge in [-0.15, -0.1) is 22.7 Å². The zero-order valence-electron chi connectivity index (χ0n) is 43.6. The summed E-state index contributed by atoms with van der Waals surface area (Å²) >= 11 is 1.14. The summed E-state index contributed by atoms with van der Waals surface area (Å²) in [5, 5.41) is 31.9. The van der Waals surface area contributed by atoms with E-state index in [-0.39, 0.29) is 61.5 Å². The van der Waals surface area contributed by atoms with Crippen LogP contribution >= 0.6 is 22.7 Å². The minimum absolute atomic E-state index is 0.0253. The van der Waals surface area contributed by atoms with E-state index in [1.807, 2.05) is 27.7 Å². The van der Waals surface area contributed by atoms with Gasteiger partial charge in [0.1, 0.15) is 23.0 Å². The lowest BCUT2D eigenvalue weighted by atomic mass is 9.85. The number of likely N-dealkylation sites (tertiary alicyclic amines) is 2. The first-order valence-electron chi connectivity index (χ1n) is 24.3. The van der Waals surface area contributed by atoms with Gasteiger partial charge in [0.2, 0.25) is 0 Å². The molecule has 2 saturated heterocycles. The molecule has 4 aromatic heterocycles. The average Bonchev–Trinajstić information content (AvgIpc) is 4.10. The summed E-state index contributed by atoms with van der Waals surface area (Å²) in [5.41, 5.74) is -7.76. The number of rotatable bonds is 15. The number of alkyl halides is 6. The monoisotopic (exact) mass is 1080 g/mol. The molecule has 6 N–H and O–H groups in total. The van der Waals surface area contributed by atoms with E-state index in [1.165, 1.54) is 37.5 Å². The molecule has 2 aliphatic heterocycles. The molecule has 24 heteroatoms. The number of amides is 4. The number of pyridine rings is 2. The quantitative estimate of drug-likeness (QED) is 0.0615. The Hall–Kier alpha value is -5.46. The van der Waals surface area contributed by atoms with Crippen molar-refractivity contribution in [1.82, 2.24) is 40.4 Å². The van der Waals surface area contributed by atoms with Crippen LogP contribution < -0.4 is 21.3 Å². The van der Waals surface area contributed by atoms with Gasteiger partial charge in [-0.1, -0.05) is 20.8 Å². The van der Waals surface area contributed by atoms with E-state index in [2.05, 4.69) is 41.2 Å². The van der Waals surface area contributed by atoms with Crippen LogP contribution in [0.25, 0.3) is 20.9 Å². The van der Waals surface area contributed by atoms with Gasteiger partial charge in [-0.05, 0) is 111 Å². The Labute approximate surface area is 434 Å². The SMILES string of the molecule is C[C@H]1CCCN1C(=O)c1nc(C(=O)NC(C)(CO)CC2CCN(C(=O)c3nc(C(=O)N[C@H](C)C(C)(C)O)sc3-c3cnc(NCC(C)(C)C)cc3C(F)(F)F)[C@H]2C)sc1-c1cnc(NC(C)(C)C)cc1C(F)(F)F. The molecular formula is C50H66F6N10O6S2. The van der Waals surface area contributed by atoms with Crippen LogP contribution in [0.5, 0.6) is 0 Å². The number of carbonyl (C=O) groups is 4. The Kier molecular flexibility index (Phi) is 16.6. The van der Waals surface area contributed by atoms with E-state index in [1.54, 1.807) is 27.7 Å². The van der Waals surface area contributed by atoms with Gasteiger partial charge in [-0.3, -0.25) is 19.2 Å². The van der Waals surface area contributed by atoms with Crippen molar-refractivity contribution in [1.29, 1.82) is 0 Å². The summed E-state index contributed by atoms with van der Waals surface area (Å²) < 4.78 is 89.3. The van der Waals surface area contributed by atoms with Gasteiger partial charge < -0.3 is 41.3 Å². The molecular weight excluding hydrogens is 1010 g/mol. The first-order chi connectivity index (χ1) is 34.0. The maximum absolute atomic E-state index is 14.9. The molecule has 406 valence electrons.